The van der Waals surface area contributed by atoms with Crippen LogP contribution in [0.3, 0.4) is 0 Å². The van der Waals surface area contributed by atoms with E-state index in [1.807, 2.05) is 6.92 Å². The largest absolute Gasteiger partial charge is 0.479 e. The molecule has 0 aromatic rings. The number of allylic oxidation sites excluding steroid dienone is 1. The number of ether oxygens (including phenoxy) is 1. The number of carboxylic acids is 1. The number of fused-ring (bicyclic) bond motifs is 5. The molecule has 0 saturated heterocycles. The second-order valence-corrected chi connectivity index (χ2v) is 11.5. The first-order valence-electron chi connectivity index (χ1n) is 12.6. The lowest BCUT2D eigenvalue weighted by molar-refractivity contribution is -0.184. The van der Waals surface area contributed by atoms with Crippen LogP contribution in [0.15, 0.2) is 11.6 Å². The normalized spacial score (nSPS) is 41.2. The molecule has 0 aromatic carbocycles. The lowest BCUT2D eigenvalue weighted by Crippen LogP contribution is -2.62. The highest BCUT2D eigenvalue weighted by Gasteiger charge is 2.68. The smallest absolute Gasteiger partial charge is 0.332 e. The molecule has 194 valence electrons. The minimum atomic E-state index is -1.75. The second kappa shape index (κ2) is 9.09. The third-order valence-corrected chi connectivity index (χ3v) is 9.78. The fourth-order valence-electron chi connectivity index (χ4n) is 7.87. The minimum absolute atomic E-state index is 0.0160. The molecule has 0 aliphatic heterocycles. The lowest BCUT2D eigenvalue weighted by atomic mass is 9.45. The van der Waals surface area contributed by atoms with Crippen LogP contribution < -0.4 is 0 Å². The SMILES string of the molecule is C[C@]12CCC(=O)C=C1CC[C@@H]1[C@@H]2[C@@H](O)C[C@@]2(C)[C@H]1CC[C@]2(O)C(=O)COC(=O)CCC(O)C(=O)O. The van der Waals surface area contributed by atoms with Gasteiger partial charge in [0.15, 0.2) is 18.5 Å². The molecule has 4 aliphatic rings. The Kier molecular flexibility index (Phi) is 6.74. The van der Waals surface area contributed by atoms with E-state index in [-0.39, 0.29) is 54.6 Å². The van der Waals surface area contributed by atoms with Crippen molar-refractivity contribution in [2.75, 3.05) is 6.61 Å². The summed E-state index contributed by atoms with van der Waals surface area (Å²) in [6.45, 7) is 3.35. The summed E-state index contributed by atoms with van der Waals surface area (Å²) < 4.78 is 5.01. The van der Waals surface area contributed by atoms with E-state index >= 15 is 0 Å². The van der Waals surface area contributed by atoms with E-state index in [1.165, 1.54) is 0 Å². The van der Waals surface area contributed by atoms with Gasteiger partial charge in [0.05, 0.1) is 6.10 Å². The average molecular weight is 493 g/mol. The molecule has 3 fully saturated rings. The van der Waals surface area contributed by atoms with Gasteiger partial charge in [-0.05, 0) is 74.2 Å². The molecule has 4 aliphatic carbocycles. The van der Waals surface area contributed by atoms with E-state index in [0.717, 1.165) is 18.4 Å². The Morgan fingerprint density at radius 3 is 2.57 bits per heavy atom. The Labute approximate surface area is 204 Å². The van der Waals surface area contributed by atoms with E-state index in [1.54, 1.807) is 6.08 Å². The predicted molar refractivity (Wildman–Crippen MR) is 122 cm³/mol. The summed E-state index contributed by atoms with van der Waals surface area (Å²) >= 11 is 0. The standard InChI is InChI=1S/C26H36O9/c1-24-9-7-15(27)11-14(24)3-4-16-17-8-10-26(34,25(17,2)12-19(29)22(16)24)20(30)13-35-21(31)6-5-18(28)23(32)33/h11,16-19,22,28-29,34H,3-10,12-13H2,1-2H3,(H,32,33)/t16-,17-,18?,19-,22+,24-,25-,26-/m0/s1. The molecule has 8 atom stereocenters. The van der Waals surface area contributed by atoms with Crippen LogP contribution in [0.4, 0.5) is 0 Å². The highest BCUT2D eigenvalue weighted by atomic mass is 16.5. The van der Waals surface area contributed by atoms with Gasteiger partial charge in [0, 0.05) is 18.3 Å². The highest BCUT2D eigenvalue weighted by Crippen LogP contribution is 2.67. The van der Waals surface area contributed by atoms with Gasteiger partial charge in [-0.15, -0.1) is 0 Å². The molecule has 4 rings (SSSR count). The maximum absolute atomic E-state index is 13.2. The van der Waals surface area contributed by atoms with Crippen molar-refractivity contribution in [3.8, 4) is 0 Å². The quantitative estimate of drug-likeness (QED) is 0.387. The first-order chi connectivity index (χ1) is 16.3. The molecule has 3 saturated carbocycles. The monoisotopic (exact) mass is 492 g/mol. The summed E-state index contributed by atoms with van der Waals surface area (Å²) in [5.41, 5.74) is -1.78. The highest BCUT2D eigenvalue weighted by molar-refractivity contribution is 5.92. The van der Waals surface area contributed by atoms with Gasteiger partial charge >= 0.3 is 11.9 Å². The van der Waals surface area contributed by atoms with E-state index in [4.69, 9.17) is 9.84 Å². The van der Waals surface area contributed by atoms with Gasteiger partial charge in [0.2, 0.25) is 5.78 Å². The van der Waals surface area contributed by atoms with Crippen molar-refractivity contribution >= 4 is 23.5 Å². The van der Waals surface area contributed by atoms with Gasteiger partial charge in [-0.2, -0.15) is 0 Å². The van der Waals surface area contributed by atoms with Crippen LogP contribution in [0.1, 0.15) is 71.6 Å². The van der Waals surface area contributed by atoms with Gasteiger partial charge < -0.3 is 25.2 Å². The molecule has 0 bridgehead atoms. The zero-order valence-corrected chi connectivity index (χ0v) is 20.4. The van der Waals surface area contributed by atoms with Gasteiger partial charge in [-0.3, -0.25) is 14.4 Å². The first-order valence-corrected chi connectivity index (χ1v) is 12.6. The number of hydrogen-bond acceptors (Lipinski definition) is 8. The number of carbonyl (C=O) groups is 4. The van der Waals surface area contributed by atoms with Gasteiger partial charge in [-0.1, -0.05) is 19.4 Å². The number of Topliss-reactive ketones (excluding diaryl/α,β-unsaturated/α-hetero) is 1. The number of ketones is 2. The van der Waals surface area contributed by atoms with Crippen molar-refractivity contribution in [2.24, 2.45) is 28.6 Å². The van der Waals surface area contributed by atoms with Crippen LogP contribution in [-0.2, 0) is 23.9 Å². The number of hydrogen-bond donors (Lipinski definition) is 4. The Bertz CT molecular complexity index is 956. The van der Waals surface area contributed by atoms with Crippen molar-refractivity contribution in [3.63, 3.8) is 0 Å². The maximum Gasteiger partial charge on any atom is 0.332 e. The maximum atomic E-state index is 13.2. The second-order valence-electron chi connectivity index (χ2n) is 11.5. The summed E-state index contributed by atoms with van der Waals surface area (Å²) in [6.07, 6.45) is 2.47. The Balaban J connectivity index is 1.47. The van der Waals surface area contributed by atoms with Crippen molar-refractivity contribution in [2.45, 2.75) is 89.4 Å². The topological polar surface area (TPSA) is 158 Å². The van der Waals surface area contributed by atoms with Gasteiger partial charge in [0.25, 0.3) is 0 Å². The van der Waals surface area contributed by atoms with E-state index in [9.17, 15) is 34.5 Å². The van der Waals surface area contributed by atoms with Crippen molar-refractivity contribution in [1.29, 1.82) is 0 Å². The van der Waals surface area contributed by atoms with Crippen LogP contribution in [0, 0.1) is 28.6 Å². The molecule has 4 N–H and O–H groups in total. The molecule has 0 heterocycles. The summed E-state index contributed by atoms with van der Waals surface area (Å²) in [5, 5.41) is 41.0. The molecule has 9 heteroatoms. The van der Waals surface area contributed by atoms with Crippen LogP contribution in [0.2, 0.25) is 0 Å². The molecule has 1 unspecified atom stereocenters. The summed E-state index contributed by atoms with van der Waals surface area (Å²) in [5.74, 6) is -2.66. The zero-order valence-electron chi connectivity index (χ0n) is 20.4. The Morgan fingerprint density at radius 1 is 1.17 bits per heavy atom. The molecule has 35 heavy (non-hydrogen) atoms. The zero-order chi connectivity index (χ0) is 25.8. The number of esters is 1. The molecule has 0 amide bonds. The minimum Gasteiger partial charge on any atom is -0.479 e. The van der Waals surface area contributed by atoms with Crippen molar-refractivity contribution < 1.29 is 44.3 Å². The molecule has 0 radical (unpaired) electrons. The Hall–Kier alpha value is -2.10. The van der Waals surface area contributed by atoms with Crippen LogP contribution in [-0.4, -0.2) is 68.3 Å². The van der Waals surface area contributed by atoms with E-state index < -0.39 is 47.6 Å². The number of carbonyl (C=O) groups excluding carboxylic acids is 3. The lowest BCUT2D eigenvalue weighted by Gasteiger charge is -2.60. The molecular formula is C26H36O9. The summed E-state index contributed by atoms with van der Waals surface area (Å²) in [7, 11) is 0. The molecular weight excluding hydrogens is 456 g/mol. The van der Waals surface area contributed by atoms with Crippen LogP contribution in [0.25, 0.3) is 0 Å². The third kappa shape index (κ3) is 4.15. The number of carboxylic acid groups (broad SMARTS) is 1. The third-order valence-electron chi connectivity index (χ3n) is 9.78. The number of rotatable bonds is 7. The van der Waals surface area contributed by atoms with E-state index in [2.05, 4.69) is 6.92 Å². The average Bonchev–Trinajstić information content (AvgIpc) is 3.07. The Morgan fingerprint density at radius 2 is 1.89 bits per heavy atom. The van der Waals surface area contributed by atoms with Crippen molar-refractivity contribution in [1.82, 2.24) is 0 Å². The van der Waals surface area contributed by atoms with E-state index in [0.29, 0.717) is 19.3 Å². The number of aliphatic hydroxyl groups is 3. The van der Waals surface area contributed by atoms with Crippen LogP contribution in [0.5, 0.6) is 0 Å². The summed E-state index contributed by atoms with van der Waals surface area (Å²) in [6, 6.07) is 0. The first kappa shape index (κ1) is 26.0. The predicted octanol–water partition coefficient (Wildman–Crippen LogP) is 1.56. The number of aliphatic hydroxyl groups excluding tert-OH is 2. The summed E-state index contributed by atoms with van der Waals surface area (Å²) in [4.78, 5) is 47.8. The molecule has 9 nitrogen and oxygen atoms in total. The molecule has 0 spiro atoms. The van der Waals surface area contributed by atoms with Gasteiger partial charge in [0.1, 0.15) is 5.60 Å². The fraction of sp³-hybridized carbons (Fsp3) is 0.769. The molecule has 0 aromatic heterocycles. The fourth-order valence-corrected chi connectivity index (χ4v) is 7.87. The van der Waals surface area contributed by atoms with Crippen molar-refractivity contribution in [3.05, 3.63) is 11.6 Å². The van der Waals surface area contributed by atoms with Crippen LogP contribution >= 0.6 is 0 Å². The number of aliphatic carboxylic acids is 1. The van der Waals surface area contributed by atoms with Gasteiger partial charge in [-0.25, -0.2) is 4.79 Å².